The zero-order valence-corrected chi connectivity index (χ0v) is 36.2. The molecule has 0 radical (unpaired) electrons. The minimum Gasteiger partial charge on any atom is -0.311 e. The highest BCUT2D eigenvalue weighted by Gasteiger charge is 2.20. The first-order valence-electron chi connectivity index (χ1n) is 21.9. The normalized spacial score (nSPS) is 11.2. The van der Waals surface area contributed by atoms with E-state index in [2.05, 4.69) is 280 Å². The number of anilines is 9. The molecule has 310 valence electrons. The second kappa shape index (κ2) is 17.5. The molecule has 65 heavy (non-hydrogen) atoms. The number of hydrogen-bond acceptors (Lipinski definition) is 3. The molecule has 10 aromatic carbocycles. The van der Waals surface area contributed by atoms with Gasteiger partial charge in [0.15, 0.2) is 0 Å². The molecule has 0 unspecified atom stereocenters. The summed E-state index contributed by atoms with van der Waals surface area (Å²) in [6, 6.07) is 91.9. The molecule has 0 atom stereocenters. The molecule has 0 N–H and O–H groups in total. The van der Waals surface area contributed by atoms with Crippen molar-refractivity contribution in [3.05, 3.63) is 266 Å². The second-order valence-electron chi connectivity index (χ2n) is 16.0. The van der Waals surface area contributed by atoms with Crippen molar-refractivity contribution in [1.82, 2.24) is 4.57 Å². The Kier molecular flexibility index (Phi) is 10.6. The summed E-state index contributed by atoms with van der Waals surface area (Å²) in [4.78, 5) is 6.86. The van der Waals surface area contributed by atoms with E-state index in [1.165, 1.54) is 16.3 Å². The van der Waals surface area contributed by atoms with Crippen LogP contribution in [0.15, 0.2) is 261 Å². The lowest BCUT2D eigenvalue weighted by molar-refractivity contribution is 1.18. The predicted octanol–water partition coefficient (Wildman–Crippen LogP) is 17.5. The monoisotopic (exact) mass is 854 g/mol. The number of benzene rings is 10. The van der Waals surface area contributed by atoms with E-state index in [9.17, 15) is 0 Å². The first-order chi connectivity index (χ1) is 32.2. The molecule has 0 aliphatic carbocycles. The van der Waals surface area contributed by atoms with E-state index in [1.54, 1.807) is 0 Å². The Labute approximate surface area is 384 Å². The Morgan fingerprint density at radius 2 is 0.631 bits per heavy atom. The molecule has 0 bridgehead atoms. The van der Waals surface area contributed by atoms with Gasteiger partial charge in [-0.25, -0.2) is 0 Å². The average molecular weight is 855 g/mol. The van der Waals surface area contributed by atoms with E-state index in [1.807, 2.05) is 0 Å². The fourth-order valence-electron chi connectivity index (χ4n) is 9.02. The van der Waals surface area contributed by atoms with Crippen molar-refractivity contribution in [1.29, 1.82) is 0 Å². The van der Waals surface area contributed by atoms with Crippen molar-refractivity contribution in [3.8, 4) is 16.8 Å². The van der Waals surface area contributed by atoms with Crippen LogP contribution in [0.4, 0.5) is 51.2 Å². The molecule has 0 saturated heterocycles. The Morgan fingerprint density at radius 1 is 0.277 bits per heavy atom. The van der Waals surface area contributed by atoms with Crippen LogP contribution < -0.4 is 14.7 Å². The van der Waals surface area contributed by atoms with Crippen molar-refractivity contribution in [3.63, 3.8) is 0 Å². The third-order valence-corrected chi connectivity index (χ3v) is 12.3. The number of halogens is 1. The van der Waals surface area contributed by atoms with Gasteiger partial charge < -0.3 is 19.3 Å². The van der Waals surface area contributed by atoms with Gasteiger partial charge in [-0.1, -0.05) is 139 Å². The van der Waals surface area contributed by atoms with Gasteiger partial charge in [0.2, 0.25) is 0 Å². The first kappa shape index (κ1) is 39.5. The molecule has 4 nitrogen and oxygen atoms in total. The van der Waals surface area contributed by atoms with Crippen molar-refractivity contribution >= 4 is 84.6 Å². The van der Waals surface area contributed by atoms with Gasteiger partial charge in [0, 0.05) is 73.2 Å². The Balaban J connectivity index is 0.929. The van der Waals surface area contributed by atoms with E-state index >= 15 is 0 Å². The summed E-state index contributed by atoms with van der Waals surface area (Å²) in [6.45, 7) is 0. The molecular weight excluding hydrogens is 812 g/mol. The highest BCUT2D eigenvalue weighted by atomic mass is 35.5. The maximum Gasteiger partial charge on any atom is 0.0542 e. The lowest BCUT2D eigenvalue weighted by Crippen LogP contribution is -2.12. The molecule has 0 saturated carbocycles. The van der Waals surface area contributed by atoms with Crippen molar-refractivity contribution in [2.45, 2.75) is 0 Å². The molecule has 1 aromatic heterocycles. The summed E-state index contributed by atoms with van der Waals surface area (Å²) in [7, 11) is 0. The fourth-order valence-corrected chi connectivity index (χ4v) is 9.31. The molecular formula is C60H43ClN4. The topological polar surface area (TPSA) is 14.7 Å². The summed E-state index contributed by atoms with van der Waals surface area (Å²) in [5.41, 5.74) is 15.0. The highest BCUT2D eigenvalue weighted by molar-refractivity contribution is 6.33. The number of hydrogen-bond donors (Lipinski definition) is 0. The van der Waals surface area contributed by atoms with Crippen LogP contribution in [0.2, 0.25) is 5.02 Å². The van der Waals surface area contributed by atoms with Gasteiger partial charge in [-0.3, -0.25) is 0 Å². The van der Waals surface area contributed by atoms with Gasteiger partial charge in [0.25, 0.3) is 0 Å². The van der Waals surface area contributed by atoms with E-state index in [0.29, 0.717) is 5.02 Å². The molecule has 1 heterocycles. The minimum absolute atomic E-state index is 0.676. The second-order valence-corrected chi connectivity index (χ2v) is 16.4. The largest absolute Gasteiger partial charge is 0.311 e. The average Bonchev–Trinajstić information content (AvgIpc) is 3.70. The van der Waals surface area contributed by atoms with Crippen LogP contribution >= 0.6 is 11.6 Å². The summed E-state index contributed by atoms with van der Waals surface area (Å²) in [5, 5.41) is 3.07. The van der Waals surface area contributed by atoms with E-state index < -0.39 is 0 Å². The van der Waals surface area contributed by atoms with Crippen LogP contribution in [-0.2, 0) is 0 Å². The molecule has 0 spiro atoms. The lowest BCUT2D eigenvalue weighted by Gasteiger charge is -2.28. The number of para-hydroxylation sites is 6. The van der Waals surface area contributed by atoms with Crippen LogP contribution in [-0.4, -0.2) is 4.57 Å². The maximum atomic E-state index is 7.31. The number of aromatic nitrogens is 1. The Hall–Kier alpha value is -8.31. The molecule has 11 rings (SSSR count). The smallest absolute Gasteiger partial charge is 0.0542 e. The predicted molar refractivity (Wildman–Crippen MR) is 275 cm³/mol. The zero-order valence-electron chi connectivity index (χ0n) is 35.5. The van der Waals surface area contributed by atoms with Crippen molar-refractivity contribution < 1.29 is 0 Å². The first-order valence-corrected chi connectivity index (χ1v) is 22.2. The van der Waals surface area contributed by atoms with E-state index in [-0.39, 0.29) is 0 Å². The summed E-state index contributed by atoms with van der Waals surface area (Å²) in [5.74, 6) is 0. The third kappa shape index (κ3) is 7.67. The van der Waals surface area contributed by atoms with Gasteiger partial charge in [-0.15, -0.1) is 0 Å². The van der Waals surface area contributed by atoms with Crippen LogP contribution in [0.3, 0.4) is 0 Å². The van der Waals surface area contributed by atoms with Crippen LogP contribution in [0.25, 0.3) is 38.6 Å². The summed E-state index contributed by atoms with van der Waals surface area (Å²) in [6.07, 6.45) is 0. The molecule has 0 aliphatic rings. The van der Waals surface area contributed by atoms with Gasteiger partial charge in [-0.2, -0.15) is 0 Å². The van der Waals surface area contributed by atoms with Gasteiger partial charge >= 0.3 is 0 Å². The maximum absolute atomic E-state index is 7.31. The van der Waals surface area contributed by atoms with Crippen molar-refractivity contribution in [2.75, 3.05) is 14.7 Å². The van der Waals surface area contributed by atoms with Crippen LogP contribution in [0.5, 0.6) is 0 Å². The van der Waals surface area contributed by atoms with Gasteiger partial charge in [0.1, 0.15) is 0 Å². The number of fused-ring (bicyclic) bond motifs is 3. The van der Waals surface area contributed by atoms with Gasteiger partial charge in [-0.05, 0) is 139 Å². The summed E-state index contributed by atoms with van der Waals surface area (Å²) >= 11 is 7.31. The number of nitrogens with zero attached hydrogens (tertiary/aromatic N) is 4. The number of rotatable bonds is 11. The Bertz CT molecular complexity index is 3320. The third-order valence-electron chi connectivity index (χ3n) is 12.0. The van der Waals surface area contributed by atoms with Gasteiger partial charge in [0.05, 0.1) is 16.1 Å². The zero-order chi connectivity index (χ0) is 43.5. The Morgan fingerprint density at radius 3 is 1.12 bits per heavy atom. The van der Waals surface area contributed by atoms with Crippen molar-refractivity contribution in [2.24, 2.45) is 0 Å². The SMILES string of the molecule is Clc1cc(N(c2ccccc2)c2ccc3c(c2)c2ccccc2n3-c2ccccc2)ccc1-c1ccc(N(c2ccccc2)c2ccc(N(c3ccccc3)c3ccccc3)cc2)cc1. The standard InChI is InChI=1S/C60H43ClN4/c61-58-43-54(64(48-24-12-4-13-25-48)53-39-41-60-57(42-53)56-28-16-17-29-59(56)65(60)49-26-14-5-15-27-49)38-40-55(58)44-30-32-50(33-31-44)63(47-22-10-3-11-23-47)52-36-34-51(35-37-52)62(45-18-6-1-7-19-45)46-20-8-2-9-21-46/h1-43H. The minimum atomic E-state index is 0.676. The molecule has 11 aromatic rings. The fraction of sp³-hybridized carbons (Fsp3) is 0. The quantitative estimate of drug-likeness (QED) is 0.129. The van der Waals surface area contributed by atoms with Crippen LogP contribution in [0, 0.1) is 0 Å². The molecule has 5 heteroatoms. The van der Waals surface area contributed by atoms with Crippen LogP contribution in [0.1, 0.15) is 0 Å². The summed E-state index contributed by atoms with van der Waals surface area (Å²) < 4.78 is 2.35. The molecule has 0 aliphatic heterocycles. The van der Waals surface area contributed by atoms with E-state index in [0.717, 1.165) is 73.5 Å². The molecule has 0 amide bonds. The van der Waals surface area contributed by atoms with E-state index in [4.69, 9.17) is 11.6 Å². The highest BCUT2D eigenvalue weighted by Crippen LogP contribution is 2.43. The molecule has 0 fully saturated rings. The lowest BCUT2D eigenvalue weighted by atomic mass is 10.0.